The summed E-state index contributed by atoms with van der Waals surface area (Å²) in [6.07, 6.45) is 25.1. The third-order valence-electron chi connectivity index (χ3n) is 5.50. The number of rotatable bonds is 22. The summed E-state index contributed by atoms with van der Waals surface area (Å²) in [5.74, 6) is -1.82. The second kappa shape index (κ2) is 36.3. The molecule has 0 atom stereocenters. The predicted molar refractivity (Wildman–Crippen MR) is 139 cm³/mol. The van der Waals surface area contributed by atoms with E-state index in [1.807, 2.05) is 0 Å². The van der Waals surface area contributed by atoms with Crippen LogP contribution in [0.5, 0.6) is 0 Å². The molecule has 0 aliphatic rings. The van der Waals surface area contributed by atoms with Crippen molar-refractivity contribution in [3.8, 4) is 0 Å². The van der Waals surface area contributed by atoms with Gasteiger partial charge in [0.05, 0.1) is 0 Å². The number of hydrogen-bond donors (Lipinski definition) is 0. The molecule has 0 spiro atoms. The van der Waals surface area contributed by atoms with Crippen LogP contribution in [0, 0.1) is 0 Å². The van der Waals surface area contributed by atoms with Crippen LogP contribution in [-0.4, -0.2) is 34.5 Å². The number of aliphatic carboxylic acids is 2. The Bertz CT molecular complexity index is 341. The molecule has 0 fully saturated rings. The van der Waals surface area contributed by atoms with E-state index in [0.717, 1.165) is 25.7 Å². The zero-order valence-corrected chi connectivity index (χ0v) is 25.3. The summed E-state index contributed by atoms with van der Waals surface area (Å²) in [6, 6.07) is 0. The van der Waals surface area contributed by atoms with Crippen LogP contribution in [0.4, 0.5) is 0 Å². The van der Waals surface area contributed by atoms with E-state index in [1.165, 1.54) is 107 Å². The van der Waals surface area contributed by atoms with Gasteiger partial charge in [0.25, 0.3) is 0 Å². The first kappa shape index (κ1) is 37.3. The number of carbonyl (C=O) groups excluding carboxylic acids is 2. The molecule has 195 valence electrons. The van der Waals surface area contributed by atoms with E-state index in [2.05, 4.69) is 20.8 Å². The van der Waals surface area contributed by atoms with Crippen molar-refractivity contribution in [3.63, 3.8) is 0 Å². The molecule has 1 radical (unpaired) electrons. The molecule has 0 aromatic carbocycles. The van der Waals surface area contributed by atoms with Gasteiger partial charge in [-0.2, -0.15) is 0 Å². The van der Waals surface area contributed by atoms with Gasteiger partial charge in [-0.15, -0.1) is 0 Å². The van der Waals surface area contributed by atoms with Crippen LogP contribution < -0.4 is 10.2 Å². The number of carboxylic acid groups (broad SMARTS) is 2. The van der Waals surface area contributed by atoms with Crippen LogP contribution >= 0.6 is 0 Å². The van der Waals surface area contributed by atoms with Crippen LogP contribution in [0.3, 0.4) is 0 Å². The Morgan fingerprint density at radius 2 is 0.697 bits per heavy atom. The van der Waals surface area contributed by atoms with Gasteiger partial charge >= 0.3 is 46.7 Å². The van der Waals surface area contributed by atoms with Gasteiger partial charge in [0.1, 0.15) is 0 Å². The first-order valence-electron chi connectivity index (χ1n) is 14.0. The first-order valence-corrected chi connectivity index (χ1v) is 16.0. The molecule has 4 nitrogen and oxygen atoms in total. The van der Waals surface area contributed by atoms with Gasteiger partial charge in [-0.1, -0.05) is 117 Å². The molecule has 0 aromatic rings. The number of carboxylic acids is 2. The van der Waals surface area contributed by atoms with Crippen LogP contribution in [0.1, 0.15) is 162 Å². The third kappa shape index (κ3) is 49.8. The van der Waals surface area contributed by atoms with Gasteiger partial charge in [-0.3, -0.25) is 0 Å². The monoisotopic (exact) mass is 575 g/mol. The topological polar surface area (TPSA) is 80.3 Å². The van der Waals surface area contributed by atoms with Gasteiger partial charge in [0.2, 0.25) is 0 Å². The van der Waals surface area contributed by atoms with Crippen molar-refractivity contribution >= 4 is 34.5 Å². The molecule has 0 bridgehead atoms. The zero-order chi connectivity index (χ0) is 25.4. The molecule has 0 saturated carbocycles. The second-order valence-corrected chi connectivity index (χ2v) is 10.4. The van der Waals surface area contributed by atoms with Crippen molar-refractivity contribution in [1.82, 2.24) is 0 Å². The normalized spacial score (nSPS) is 10.0. The fraction of sp³-hybridized carbons (Fsp3) is 0.929. The minimum absolute atomic E-state index is 0.232. The molecule has 5 heteroatoms. The molecule has 0 aliphatic heterocycles. The van der Waals surface area contributed by atoms with Crippen LogP contribution in [0.15, 0.2) is 0 Å². The average molecular weight is 574 g/mol. The SMILES string of the molecule is CCCCCCCCCCCC(=O)[O-].CCCCCCCCCCCC(=O)[O-].CCC[CH2][Sn+2]. The fourth-order valence-corrected chi connectivity index (χ4v) is 4.35. The zero-order valence-electron chi connectivity index (χ0n) is 22.4. The van der Waals surface area contributed by atoms with Crippen molar-refractivity contribution in [2.75, 3.05) is 0 Å². The van der Waals surface area contributed by atoms with Crippen molar-refractivity contribution in [1.29, 1.82) is 0 Å². The van der Waals surface area contributed by atoms with E-state index in [-0.39, 0.29) is 12.8 Å². The Morgan fingerprint density at radius 3 is 0.879 bits per heavy atom. The third-order valence-corrected chi connectivity index (χ3v) is 6.51. The predicted octanol–water partition coefficient (Wildman–Crippen LogP) is 6.69. The summed E-state index contributed by atoms with van der Waals surface area (Å²) in [5, 5.41) is 20.2. The summed E-state index contributed by atoms with van der Waals surface area (Å²) in [6.45, 7) is 6.67. The summed E-state index contributed by atoms with van der Waals surface area (Å²) in [7, 11) is 0. The van der Waals surface area contributed by atoms with Gasteiger partial charge in [0, 0.05) is 11.9 Å². The van der Waals surface area contributed by atoms with Crippen molar-refractivity contribution in [2.45, 2.75) is 166 Å². The maximum absolute atomic E-state index is 10.1. The molecule has 0 amide bonds. The maximum atomic E-state index is 10.1. The van der Waals surface area contributed by atoms with E-state index in [9.17, 15) is 19.8 Å². The van der Waals surface area contributed by atoms with E-state index in [4.69, 9.17) is 0 Å². The van der Waals surface area contributed by atoms with Gasteiger partial charge in [-0.05, 0) is 25.7 Å². The van der Waals surface area contributed by atoms with E-state index in [0.29, 0.717) is 0 Å². The Labute approximate surface area is 220 Å². The van der Waals surface area contributed by atoms with Gasteiger partial charge in [-0.25, -0.2) is 0 Å². The molecule has 0 N–H and O–H groups in total. The molecular formula is C28H55O4Sn. The molecule has 33 heavy (non-hydrogen) atoms. The Kier molecular flexibility index (Phi) is 41.0. The summed E-state index contributed by atoms with van der Waals surface area (Å²) in [5.41, 5.74) is 0. The van der Waals surface area contributed by atoms with Crippen LogP contribution in [0.25, 0.3) is 0 Å². The second-order valence-electron chi connectivity index (χ2n) is 9.00. The minimum atomic E-state index is -0.909. The molecule has 0 aromatic heterocycles. The quantitative estimate of drug-likeness (QED) is 0.107. The summed E-state index contributed by atoms with van der Waals surface area (Å²) < 4.78 is 1.43. The Balaban J connectivity index is -0.000000453. The van der Waals surface area contributed by atoms with Crippen LogP contribution in [-0.2, 0) is 9.59 Å². The number of carbonyl (C=O) groups is 2. The summed E-state index contributed by atoms with van der Waals surface area (Å²) >= 11 is 1.68. The van der Waals surface area contributed by atoms with E-state index in [1.54, 1.807) is 22.5 Å². The van der Waals surface area contributed by atoms with Crippen molar-refractivity contribution in [3.05, 3.63) is 0 Å². The fourth-order valence-electron chi connectivity index (χ4n) is 3.34. The van der Waals surface area contributed by atoms with E-state index >= 15 is 0 Å². The average Bonchev–Trinajstić information content (AvgIpc) is 2.78. The molecule has 0 saturated heterocycles. The molecule has 0 heterocycles. The van der Waals surface area contributed by atoms with Gasteiger partial charge in [0.15, 0.2) is 0 Å². The molecular weight excluding hydrogens is 519 g/mol. The van der Waals surface area contributed by atoms with Crippen molar-refractivity contribution in [2.24, 2.45) is 0 Å². The van der Waals surface area contributed by atoms with Crippen molar-refractivity contribution < 1.29 is 19.8 Å². The van der Waals surface area contributed by atoms with Crippen LogP contribution in [0.2, 0.25) is 4.44 Å². The number of unbranched alkanes of at least 4 members (excludes halogenated alkanes) is 17. The Hall–Kier alpha value is -0.261. The molecule has 0 aliphatic carbocycles. The standard InChI is InChI=1S/2C12H24O2.C4H9.Sn/c2*1-2-3-4-5-6-7-8-9-10-11-12(13)14;1-3-4-2;/h2*2-11H2,1H3,(H,13,14);1,3-4H2,2H3;/q;;;+2/p-2. The summed E-state index contributed by atoms with van der Waals surface area (Å²) in [4.78, 5) is 20.2. The molecule has 0 unspecified atom stereocenters. The number of hydrogen-bond acceptors (Lipinski definition) is 4. The molecule has 0 rings (SSSR count). The van der Waals surface area contributed by atoms with Gasteiger partial charge < -0.3 is 19.8 Å². The first-order chi connectivity index (χ1) is 16.0. The Morgan fingerprint density at radius 1 is 0.455 bits per heavy atom. The van der Waals surface area contributed by atoms with E-state index < -0.39 is 11.9 Å².